The van der Waals surface area contributed by atoms with Gasteiger partial charge in [0, 0.05) is 19.2 Å². The zero-order valence-electron chi connectivity index (χ0n) is 9.77. The number of rotatable bonds is 3. The first-order valence-electron chi connectivity index (χ1n) is 5.28. The highest BCUT2D eigenvalue weighted by molar-refractivity contribution is 7.08. The Bertz CT molecular complexity index is 487. The Hall–Kier alpha value is -1.13. The first kappa shape index (κ1) is 11.4. The molecule has 0 saturated heterocycles. The monoisotopic (exact) mass is 236 g/mol. The van der Waals surface area contributed by atoms with E-state index in [0.29, 0.717) is 6.42 Å². The van der Waals surface area contributed by atoms with E-state index < -0.39 is 6.10 Å². The third-order valence-electron chi connectivity index (χ3n) is 2.76. The summed E-state index contributed by atoms with van der Waals surface area (Å²) in [5.41, 5.74) is 4.25. The highest BCUT2D eigenvalue weighted by Gasteiger charge is 2.14. The number of aliphatic hydroxyl groups excluding tert-OH is 1. The molecule has 2 aromatic heterocycles. The molecule has 0 saturated carbocycles. The Kier molecular flexibility index (Phi) is 3.12. The molecule has 0 aromatic carbocycles. The molecule has 0 aliphatic carbocycles. The molecule has 4 heteroatoms. The smallest absolute Gasteiger partial charge is 0.0855 e. The maximum absolute atomic E-state index is 10.1. The van der Waals surface area contributed by atoms with Crippen molar-refractivity contribution in [3.05, 3.63) is 39.3 Å². The molecule has 0 amide bonds. The Morgan fingerprint density at radius 2 is 2.19 bits per heavy atom. The molecule has 0 fully saturated rings. The number of aryl methyl sites for hydroxylation is 3. The van der Waals surface area contributed by atoms with Crippen LogP contribution in [0, 0.1) is 13.8 Å². The van der Waals surface area contributed by atoms with Crippen molar-refractivity contribution in [2.45, 2.75) is 26.4 Å². The molecule has 0 spiro atoms. The SMILES string of the molecule is Cc1cc(CC(O)c2cscc2C)n(C)n1. The van der Waals surface area contributed by atoms with Crippen LogP contribution in [0.15, 0.2) is 16.8 Å². The van der Waals surface area contributed by atoms with E-state index in [0.717, 1.165) is 22.5 Å². The second-order valence-corrected chi connectivity index (χ2v) is 4.87. The minimum atomic E-state index is -0.430. The lowest BCUT2D eigenvalue weighted by atomic mass is 10.0. The second-order valence-electron chi connectivity index (χ2n) is 4.13. The summed E-state index contributed by atoms with van der Waals surface area (Å²) in [4.78, 5) is 0. The zero-order valence-corrected chi connectivity index (χ0v) is 10.6. The number of thiophene rings is 1. The van der Waals surface area contributed by atoms with Gasteiger partial charge in [-0.25, -0.2) is 0 Å². The molecule has 0 bridgehead atoms. The van der Waals surface area contributed by atoms with E-state index in [1.807, 2.05) is 37.0 Å². The van der Waals surface area contributed by atoms with Crippen LogP contribution in [0.25, 0.3) is 0 Å². The molecule has 2 heterocycles. The van der Waals surface area contributed by atoms with Crippen molar-refractivity contribution in [2.24, 2.45) is 7.05 Å². The van der Waals surface area contributed by atoms with E-state index in [4.69, 9.17) is 0 Å². The summed E-state index contributed by atoms with van der Waals surface area (Å²) in [6.07, 6.45) is 0.190. The van der Waals surface area contributed by atoms with Crippen molar-refractivity contribution < 1.29 is 5.11 Å². The molecular formula is C12H16N2OS. The molecule has 2 rings (SSSR count). The van der Waals surface area contributed by atoms with Crippen LogP contribution in [-0.4, -0.2) is 14.9 Å². The van der Waals surface area contributed by atoms with Crippen molar-refractivity contribution in [1.29, 1.82) is 0 Å². The van der Waals surface area contributed by atoms with Crippen molar-refractivity contribution in [3.63, 3.8) is 0 Å². The van der Waals surface area contributed by atoms with Gasteiger partial charge in [-0.15, -0.1) is 0 Å². The quantitative estimate of drug-likeness (QED) is 0.888. The predicted octanol–water partition coefficient (Wildman–Crippen LogP) is 2.37. The molecule has 86 valence electrons. The van der Waals surface area contributed by atoms with E-state index in [1.54, 1.807) is 11.3 Å². The number of hydrogen-bond acceptors (Lipinski definition) is 3. The van der Waals surface area contributed by atoms with E-state index >= 15 is 0 Å². The maximum atomic E-state index is 10.1. The average Bonchev–Trinajstić information content (AvgIpc) is 2.74. The van der Waals surface area contributed by atoms with Gasteiger partial charge >= 0.3 is 0 Å². The van der Waals surface area contributed by atoms with E-state index in [1.165, 1.54) is 0 Å². The largest absolute Gasteiger partial charge is 0.388 e. The number of hydrogen-bond donors (Lipinski definition) is 1. The fraction of sp³-hybridized carbons (Fsp3) is 0.417. The van der Waals surface area contributed by atoms with Crippen LogP contribution in [0.2, 0.25) is 0 Å². The Balaban J connectivity index is 2.16. The summed E-state index contributed by atoms with van der Waals surface area (Å²) in [6, 6.07) is 2.02. The lowest BCUT2D eigenvalue weighted by molar-refractivity contribution is 0.175. The minimum absolute atomic E-state index is 0.430. The van der Waals surface area contributed by atoms with Crippen LogP contribution >= 0.6 is 11.3 Å². The summed E-state index contributed by atoms with van der Waals surface area (Å²) < 4.78 is 1.83. The summed E-state index contributed by atoms with van der Waals surface area (Å²) >= 11 is 1.63. The molecule has 2 aromatic rings. The van der Waals surface area contributed by atoms with Gasteiger partial charge in [0.15, 0.2) is 0 Å². The fourth-order valence-electron chi connectivity index (χ4n) is 1.88. The number of aliphatic hydroxyl groups is 1. The number of aromatic nitrogens is 2. The molecule has 0 aliphatic heterocycles. The topological polar surface area (TPSA) is 38.0 Å². The normalized spacial score (nSPS) is 13.0. The predicted molar refractivity (Wildman–Crippen MR) is 65.7 cm³/mol. The van der Waals surface area contributed by atoms with Crippen LogP contribution in [-0.2, 0) is 13.5 Å². The Morgan fingerprint density at radius 3 is 2.69 bits per heavy atom. The maximum Gasteiger partial charge on any atom is 0.0855 e. The molecule has 16 heavy (non-hydrogen) atoms. The highest BCUT2D eigenvalue weighted by Crippen LogP contribution is 2.24. The first-order valence-corrected chi connectivity index (χ1v) is 6.22. The van der Waals surface area contributed by atoms with Gasteiger partial charge in [-0.2, -0.15) is 16.4 Å². The van der Waals surface area contributed by atoms with Gasteiger partial charge in [0.1, 0.15) is 0 Å². The van der Waals surface area contributed by atoms with Crippen LogP contribution in [0.5, 0.6) is 0 Å². The molecule has 1 N–H and O–H groups in total. The summed E-state index contributed by atoms with van der Waals surface area (Å²) in [5.74, 6) is 0. The van der Waals surface area contributed by atoms with E-state index in [2.05, 4.69) is 10.5 Å². The van der Waals surface area contributed by atoms with Crippen LogP contribution < -0.4 is 0 Å². The summed E-state index contributed by atoms with van der Waals surface area (Å²) in [7, 11) is 1.91. The van der Waals surface area contributed by atoms with Gasteiger partial charge in [0.2, 0.25) is 0 Å². The van der Waals surface area contributed by atoms with E-state index in [-0.39, 0.29) is 0 Å². The van der Waals surface area contributed by atoms with Crippen molar-refractivity contribution in [1.82, 2.24) is 9.78 Å². The second kappa shape index (κ2) is 4.39. The van der Waals surface area contributed by atoms with Gasteiger partial charge < -0.3 is 5.11 Å². The van der Waals surface area contributed by atoms with Gasteiger partial charge in [0.05, 0.1) is 11.8 Å². The lowest BCUT2D eigenvalue weighted by Crippen LogP contribution is -2.06. The minimum Gasteiger partial charge on any atom is -0.388 e. The van der Waals surface area contributed by atoms with Crippen molar-refractivity contribution in [3.8, 4) is 0 Å². The highest BCUT2D eigenvalue weighted by atomic mass is 32.1. The molecule has 0 aliphatic rings. The van der Waals surface area contributed by atoms with Crippen LogP contribution in [0.1, 0.15) is 28.6 Å². The van der Waals surface area contributed by atoms with Crippen molar-refractivity contribution in [2.75, 3.05) is 0 Å². The Morgan fingerprint density at radius 1 is 1.44 bits per heavy atom. The number of nitrogens with zero attached hydrogens (tertiary/aromatic N) is 2. The third kappa shape index (κ3) is 2.18. The molecular weight excluding hydrogens is 220 g/mol. The molecule has 1 atom stereocenters. The molecule has 1 unspecified atom stereocenters. The molecule has 0 radical (unpaired) electrons. The zero-order chi connectivity index (χ0) is 11.7. The van der Waals surface area contributed by atoms with Gasteiger partial charge in [-0.05, 0) is 41.8 Å². The van der Waals surface area contributed by atoms with Gasteiger partial charge in [-0.1, -0.05) is 0 Å². The first-order chi connectivity index (χ1) is 7.58. The molecule has 3 nitrogen and oxygen atoms in total. The standard InChI is InChI=1S/C12H16N2OS/c1-8-6-16-7-11(8)12(15)5-10-4-9(2)13-14(10)3/h4,6-7,12,15H,5H2,1-3H3. The third-order valence-corrected chi connectivity index (χ3v) is 3.64. The summed E-state index contributed by atoms with van der Waals surface area (Å²) in [6.45, 7) is 4.00. The van der Waals surface area contributed by atoms with Crippen LogP contribution in [0.4, 0.5) is 0 Å². The Labute approximate surface area is 99.4 Å². The van der Waals surface area contributed by atoms with Crippen molar-refractivity contribution >= 4 is 11.3 Å². The summed E-state index contributed by atoms with van der Waals surface area (Å²) in [5, 5.41) is 18.5. The fourth-order valence-corrected chi connectivity index (χ4v) is 2.77. The van der Waals surface area contributed by atoms with Gasteiger partial charge in [-0.3, -0.25) is 4.68 Å². The van der Waals surface area contributed by atoms with E-state index in [9.17, 15) is 5.11 Å². The van der Waals surface area contributed by atoms with Gasteiger partial charge in [0.25, 0.3) is 0 Å². The van der Waals surface area contributed by atoms with Crippen LogP contribution in [0.3, 0.4) is 0 Å². The lowest BCUT2D eigenvalue weighted by Gasteiger charge is -2.10. The average molecular weight is 236 g/mol.